The second kappa shape index (κ2) is 4.60. The maximum atomic E-state index is 9.44. The van der Waals surface area contributed by atoms with Crippen molar-refractivity contribution in [3.05, 3.63) is 47.5 Å². The van der Waals surface area contributed by atoms with Gasteiger partial charge >= 0.3 is 0 Å². The second-order valence-corrected chi connectivity index (χ2v) is 3.76. The van der Waals surface area contributed by atoms with Crippen molar-refractivity contribution >= 4 is 11.4 Å². The van der Waals surface area contributed by atoms with Crippen molar-refractivity contribution in [3.63, 3.8) is 0 Å². The van der Waals surface area contributed by atoms with Crippen LogP contribution < -0.4 is 11.5 Å². The van der Waals surface area contributed by atoms with Crippen LogP contribution >= 0.6 is 0 Å². The molecule has 0 aliphatic rings. The number of rotatable bonds is 0. The number of hydrogen-bond donors (Lipinski definition) is 4. The van der Waals surface area contributed by atoms with Gasteiger partial charge in [0.25, 0.3) is 0 Å². The summed E-state index contributed by atoms with van der Waals surface area (Å²) < 4.78 is 0. The molecule has 4 heteroatoms. The van der Waals surface area contributed by atoms with Gasteiger partial charge in [0, 0.05) is 5.56 Å². The minimum absolute atomic E-state index is 0.00181. The predicted octanol–water partition coefficient (Wildman–Crippen LogP) is 1.66. The Morgan fingerprint density at radius 2 is 1.67 bits per heavy atom. The molecule has 0 atom stereocenters. The van der Waals surface area contributed by atoms with Crippen LogP contribution in [-0.2, 0) is 0 Å². The van der Waals surface area contributed by atoms with Crippen molar-refractivity contribution < 1.29 is 10.2 Å². The molecule has 18 heavy (non-hydrogen) atoms. The van der Waals surface area contributed by atoms with Gasteiger partial charge in [-0.1, -0.05) is 17.9 Å². The van der Waals surface area contributed by atoms with E-state index < -0.39 is 0 Å². The van der Waals surface area contributed by atoms with E-state index in [-0.39, 0.29) is 17.2 Å². The number of anilines is 2. The molecular formula is C14H12N2O2. The highest BCUT2D eigenvalue weighted by molar-refractivity contribution is 5.65. The monoisotopic (exact) mass is 240 g/mol. The number of hydrogen-bond acceptors (Lipinski definition) is 4. The van der Waals surface area contributed by atoms with Gasteiger partial charge in [-0.05, 0) is 30.3 Å². The summed E-state index contributed by atoms with van der Waals surface area (Å²) in [5, 5.41) is 18.9. The Balaban J connectivity index is 2.37. The Kier molecular flexibility index (Phi) is 2.98. The van der Waals surface area contributed by atoms with Crippen LogP contribution in [0, 0.1) is 11.8 Å². The fraction of sp³-hybridized carbons (Fsp3) is 0. The molecule has 0 saturated carbocycles. The van der Waals surface area contributed by atoms with E-state index in [9.17, 15) is 10.2 Å². The van der Waals surface area contributed by atoms with E-state index in [0.717, 1.165) is 0 Å². The molecule has 0 heterocycles. The topological polar surface area (TPSA) is 92.5 Å². The summed E-state index contributed by atoms with van der Waals surface area (Å²) in [6.07, 6.45) is 0. The van der Waals surface area contributed by atoms with Gasteiger partial charge in [-0.2, -0.15) is 0 Å². The molecule has 0 radical (unpaired) electrons. The van der Waals surface area contributed by atoms with Crippen molar-refractivity contribution in [2.24, 2.45) is 0 Å². The summed E-state index contributed by atoms with van der Waals surface area (Å²) in [4.78, 5) is 0. The second-order valence-electron chi connectivity index (χ2n) is 3.76. The predicted molar refractivity (Wildman–Crippen MR) is 71.0 cm³/mol. The van der Waals surface area contributed by atoms with Crippen molar-refractivity contribution in [1.82, 2.24) is 0 Å². The summed E-state index contributed by atoms with van der Waals surface area (Å²) in [5.74, 6) is 5.66. The van der Waals surface area contributed by atoms with Crippen molar-refractivity contribution in [2.75, 3.05) is 11.5 Å². The first-order valence-corrected chi connectivity index (χ1v) is 5.26. The molecule has 2 aromatic carbocycles. The first-order valence-electron chi connectivity index (χ1n) is 5.26. The zero-order chi connectivity index (χ0) is 13.1. The molecule has 4 nitrogen and oxygen atoms in total. The Bertz CT molecular complexity index is 655. The smallest absolute Gasteiger partial charge is 0.139 e. The highest BCUT2D eigenvalue weighted by atomic mass is 16.3. The SMILES string of the molecule is Nc1ccc(C#Cc2cccc(O)c2N)cc1O. The zero-order valence-corrected chi connectivity index (χ0v) is 9.51. The lowest BCUT2D eigenvalue weighted by Crippen LogP contribution is -1.90. The Morgan fingerprint density at radius 1 is 0.889 bits per heavy atom. The summed E-state index contributed by atoms with van der Waals surface area (Å²) in [6, 6.07) is 9.61. The van der Waals surface area contributed by atoms with Gasteiger partial charge in [0.15, 0.2) is 0 Å². The molecule has 0 saturated heterocycles. The minimum atomic E-state index is -0.00863. The summed E-state index contributed by atoms with van der Waals surface area (Å²) >= 11 is 0. The molecule has 0 unspecified atom stereocenters. The average molecular weight is 240 g/mol. The maximum absolute atomic E-state index is 9.44. The van der Waals surface area contributed by atoms with Crippen LogP contribution in [0.15, 0.2) is 36.4 Å². The number of aromatic hydroxyl groups is 2. The lowest BCUT2D eigenvalue weighted by Gasteiger charge is -2.00. The molecule has 6 N–H and O–H groups in total. The fourth-order valence-electron chi connectivity index (χ4n) is 1.42. The van der Waals surface area contributed by atoms with E-state index in [1.807, 2.05) is 0 Å². The molecular weight excluding hydrogens is 228 g/mol. The zero-order valence-electron chi connectivity index (χ0n) is 9.51. The molecule has 2 rings (SSSR count). The van der Waals surface area contributed by atoms with E-state index in [0.29, 0.717) is 16.8 Å². The largest absolute Gasteiger partial charge is 0.506 e. The van der Waals surface area contributed by atoms with E-state index in [4.69, 9.17) is 11.5 Å². The first-order chi connectivity index (χ1) is 8.58. The third-order valence-corrected chi connectivity index (χ3v) is 2.46. The molecule has 0 aliphatic heterocycles. The van der Waals surface area contributed by atoms with Gasteiger partial charge in [-0.3, -0.25) is 0 Å². The van der Waals surface area contributed by atoms with E-state index >= 15 is 0 Å². The number of nitrogens with two attached hydrogens (primary N) is 2. The Morgan fingerprint density at radius 3 is 2.39 bits per heavy atom. The van der Waals surface area contributed by atoms with Crippen LogP contribution in [0.4, 0.5) is 11.4 Å². The molecule has 0 fully saturated rings. The summed E-state index contributed by atoms with van der Waals surface area (Å²) in [5.41, 5.74) is 12.9. The maximum Gasteiger partial charge on any atom is 0.139 e. The Hall–Kier alpha value is -2.80. The van der Waals surface area contributed by atoms with Gasteiger partial charge in [0.2, 0.25) is 0 Å². The number of nitrogen functional groups attached to an aromatic ring is 2. The van der Waals surface area contributed by atoms with Gasteiger partial charge in [0.1, 0.15) is 11.5 Å². The molecule has 2 aromatic rings. The lowest BCUT2D eigenvalue weighted by molar-refractivity contribution is 0.477. The Labute approximate surface area is 104 Å². The van der Waals surface area contributed by atoms with E-state index in [2.05, 4.69) is 11.8 Å². The molecule has 0 aliphatic carbocycles. The highest BCUT2D eigenvalue weighted by Gasteiger charge is 2.00. The third kappa shape index (κ3) is 2.30. The average Bonchev–Trinajstić information content (AvgIpc) is 2.35. The molecule has 0 aromatic heterocycles. The van der Waals surface area contributed by atoms with E-state index in [1.54, 1.807) is 24.3 Å². The van der Waals surface area contributed by atoms with Crippen molar-refractivity contribution in [2.45, 2.75) is 0 Å². The van der Waals surface area contributed by atoms with E-state index in [1.165, 1.54) is 12.1 Å². The van der Waals surface area contributed by atoms with Gasteiger partial charge in [-0.25, -0.2) is 0 Å². The first kappa shape index (κ1) is 11.7. The fourth-order valence-corrected chi connectivity index (χ4v) is 1.42. The normalized spacial score (nSPS) is 9.56. The van der Waals surface area contributed by atoms with Crippen LogP contribution in [0.25, 0.3) is 0 Å². The van der Waals surface area contributed by atoms with Crippen LogP contribution in [-0.4, -0.2) is 10.2 Å². The van der Waals surface area contributed by atoms with Crippen molar-refractivity contribution in [1.29, 1.82) is 0 Å². The van der Waals surface area contributed by atoms with Gasteiger partial charge in [-0.15, -0.1) is 0 Å². The highest BCUT2D eigenvalue weighted by Crippen LogP contribution is 2.23. The lowest BCUT2D eigenvalue weighted by atomic mass is 10.1. The summed E-state index contributed by atoms with van der Waals surface area (Å²) in [6.45, 7) is 0. The van der Waals surface area contributed by atoms with Gasteiger partial charge < -0.3 is 21.7 Å². The summed E-state index contributed by atoms with van der Waals surface area (Å²) in [7, 11) is 0. The molecule has 0 amide bonds. The number of para-hydroxylation sites is 1. The minimum Gasteiger partial charge on any atom is -0.506 e. The van der Waals surface area contributed by atoms with Crippen molar-refractivity contribution in [3.8, 4) is 23.3 Å². The van der Waals surface area contributed by atoms with Gasteiger partial charge in [0.05, 0.1) is 16.9 Å². The van der Waals surface area contributed by atoms with Crippen LogP contribution in [0.3, 0.4) is 0 Å². The van der Waals surface area contributed by atoms with Crippen LogP contribution in [0.2, 0.25) is 0 Å². The molecule has 90 valence electrons. The number of phenols is 2. The molecule has 0 spiro atoms. The van der Waals surface area contributed by atoms with Crippen LogP contribution in [0.1, 0.15) is 11.1 Å². The molecule has 0 bridgehead atoms. The van der Waals surface area contributed by atoms with Crippen LogP contribution in [0.5, 0.6) is 11.5 Å². The quantitative estimate of drug-likeness (QED) is 0.320. The number of benzene rings is 2. The third-order valence-electron chi connectivity index (χ3n) is 2.46. The number of phenolic OH excluding ortho intramolecular Hbond substituents is 2. The standard InChI is InChI=1S/C14H12N2O2/c15-11-7-5-9(8-13(11)18)4-6-10-2-1-3-12(17)14(10)16/h1-3,5,7-8,17-18H,15-16H2.